The highest BCUT2D eigenvalue weighted by Gasteiger charge is 2.25. The molecule has 4 rings (SSSR count). The van der Waals surface area contributed by atoms with Crippen molar-refractivity contribution in [1.29, 1.82) is 5.26 Å². The lowest BCUT2D eigenvalue weighted by molar-refractivity contribution is -0.119. The van der Waals surface area contributed by atoms with Gasteiger partial charge in [0.25, 0.3) is 0 Å². The Balaban J connectivity index is 1.84. The topological polar surface area (TPSA) is 131 Å². The maximum Gasteiger partial charge on any atom is 0.238 e. The molecular formula is C26H28Cl2N8O. The minimum atomic E-state index is -1.64. The molecule has 0 fully saturated rings. The van der Waals surface area contributed by atoms with E-state index in [4.69, 9.17) is 28.9 Å². The number of rotatable bonds is 8. The van der Waals surface area contributed by atoms with Gasteiger partial charge in [-0.2, -0.15) is 5.26 Å². The van der Waals surface area contributed by atoms with Crippen molar-refractivity contribution in [3.8, 4) is 6.07 Å². The monoisotopic (exact) mass is 539 g/mol. The van der Waals surface area contributed by atoms with Crippen molar-refractivity contribution in [3.63, 3.8) is 0 Å². The molecule has 3 aromatic rings. The third-order valence-electron chi connectivity index (χ3n) is 5.47. The molecule has 1 aromatic heterocycles. The van der Waals surface area contributed by atoms with E-state index in [2.05, 4.69) is 53.4 Å². The number of nitrogens with one attached hydrogen (secondary N) is 4. The van der Waals surface area contributed by atoms with E-state index in [-0.39, 0.29) is 12.0 Å². The molecule has 0 bridgehead atoms. The van der Waals surface area contributed by atoms with Crippen LogP contribution in [0.2, 0.25) is 10.0 Å². The number of hydrazine groups is 2. The Morgan fingerprint density at radius 2 is 2.05 bits per heavy atom. The van der Waals surface area contributed by atoms with Crippen molar-refractivity contribution >= 4 is 51.4 Å². The fourth-order valence-corrected chi connectivity index (χ4v) is 4.28. The van der Waals surface area contributed by atoms with Crippen molar-refractivity contribution in [2.45, 2.75) is 26.8 Å². The van der Waals surface area contributed by atoms with Gasteiger partial charge in [0.1, 0.15) is 12.6 Å². The summed E-state index contributed by atoms with van der Waals surface area (Å²) in [7, 11) is 0. The average molecular weight is 540 g/mol. The van der Waals surface area contributed by atoms with Gasteiger partial charge in [-0.3, -0.25) is 14.8 Å². The minimum absolute atomic E-state index is 0.0488. The van der Waals surface area contributed by atoms with Crippen molar-refractivity contribution in [1.82, 2.24) is 21.0 Å². The predicted molar refractivity (Wildman–Crippen MR) is 147 cm³/mol. The third-order valence-corrected chi connectivity index (χ3v) is 6.09. The van der Waals surface area contributed by atoms with Crippen LogP contribution in [0, 0.1) is 16.7 Å². The van der Waals surface area contributed by atoms with Crippen molar-refractivity contribution in [2.75, 3.05) is 23.7 Å². The smallest absolute Gasteiger partial charge is 0.238 e. The van der Waals surface area contributed by atoms with Crippen LogP contribution in [0.3, 0.4) is 0 Å². The Kier molecular flexibility index (Phi) is 7.24. The Morgan fingerprint density at radius 1 is 1.30 bits per heavy atom. The van der Waals surface area contributed by atoms with E-state index in [0.29, 0.717) is 55.7 Å². The van der Waals surface area contributed by atoms with Crippen LogP contribution in [0.5, 0.6) is 0 Å². The van der Waals surface area contributed by atoms with E-state index in [9.17, 15) is 11.4 Å². The summed E-state index contributed by atoms with van der Waals surface area (Å²) in [5.74, 6) is -0.546. The maximum atomic E-state index is 11.4. The largest absolute Gasteiger partial charge is 0.383 e. The Morgan fingerprint density at radius 3 is 2.73 bits per heavy atom. The highest BCUT2D eigenvalue weighted by Crippen LogP contribution is 2.37. The van der Waals surface area contributed by atoms with E-state index < -0.39 is 11.9 Å². The normalized spacial score (nSPS) is 15.3. The molecule has 1 aliphatic heterocycles. The second-order valence-electron chi connectivity index (χ2n) is 9.78. The Bertz CT molecular complexity index is 1470. The molecule has 9 nitrogen and oxygen atoms in total. The molecule has 2 heterocycles. The Labute approximate surface area is 227 Å². The number of amides is 1. The van der Waals surface area contributed by atoms with Crippen molar-refractivity contribution in [3.05, 3.63) is 75.7 Å². The van der Waals surface area contributed by atoms with Crippen LogP contribution >= 0.6 is 23.2 Å². The van der Waals surface area contributed by atoms with Gasteiger partial charge in [-0.1, -0.05) is 62.2 Å². The lowest BCUT2D eigenvalue weighted by atomic mass is 9.96. The highest BCUT2D eigenvalue weighted by molar-refractivity contribution is 6.36. The van der Waals surface area contributed by atoms with E-state index in [1.54, 1.807) is 42.6 Å². The second kappa shape index (κ2) is 10.7. The molecule has 192 valence electrons. The van der Waals surface area contributed by atoms with Crippen LogP contribution in [0.25, 0.3) is 10.9 Å². The molecule has 0 saturated heterocycles. The maximum absolute atomic E-state index is 11.4. The summed E-state index contributed by atoms with van der Waals surface area (Å²) in [6.45, 7) is 6.76. The first-order chi connectivity index (χ1) is 17.9. The summed E-state index contributed by atoms with van der Waals surface area (Å²) in [5.41, 5.74) is 13.9. The number of aromatic nitrogens is 1. The van der Waals surface area contributed by atoms with E-state index in [1.165, 1.54) is 11.2 Å². The molecule has 6 N–H and O–H groups in total. The molecule has 0 saturated carbocycles. The zero-order valence-corrected chi connectivity index (χ0v) is 22.1. The Hall–Kier alpha value is -3.71. The molecule has 1 atom stereocenters. The number of nitriles is 1. The number of nitrogens with two attached hydrogens (primary N) is 1. The predicted octanol–water partition coefficient (Wildman–Crippen LogP) is 4.68. The fraction of sp³-hybridized carbons (Fsp3) is 0.269. The quantitative estimate of drug-likeness (QED) is 0.279. The second-order valence-corrected chi connectivity index (χ2v) is 10.6. The van der Waals surface area contributed by atoms with E-state index in [0.717, 1.165) is 0 Å². The fourth-order valence-electron chi connectivity index (χ4n) is 3.78. The van der Waals surface area contributed by atoms with Gasteiger partial charge in [0.05, 0.1) is 34.9 Å². The van der Waals surface area contributed by atoms with Gasteiger partial charge in [0.2, 0.25) is 5.91 Å². The summed E-state index contributed by atoms with van der Waals surface area (Å²) < 4.78 is 9.55. The molecule has 0 aliphatic carbocycles. The molecule has 37 heavy (non-hydrogen) atoms. The van der Waals surface area contributed by atoms with Gasteiger partial charge >= 0.3 is 0 Å². The minimum Gasteiger partial charge on any atom is -0.383 e. The summed E-state index contributed by atoms with van der Waals surface area (Å²) in [4.78, 5) is 15.8. The molecule has 1 amide bonds. The number of hydrogen-bond acceptors (Lipinski definition) is 8. The number of pyridine rings is 1. The van der Waals surface area contributed by atoms with Gasteiger partial charge < -0.3 is 21.8 Å². The standard InChI is InChI=1S/C26H28Cl2N8O/c1-26(2,3)14-32-23-15(10-29)11-31-24-18(23)8-16(9-20(24)28)33-25(17-6-4-5-7-19(17)27)21-12-36(35-34-21)13-22(30)37/h4-9,11-12,25,33-35H,13-14H2,1-3H3,(H2,30,37)(H,31,32)/i25D. The number of primary amides is 1. The molecule has 1 aliphatic rings. The number of benzene rings is 2. The van der Waals surface area contributed by atoms with Crippen LogP contribution < -0.4 is 27.3 Å². The van der Waals surface area contributed by atoms with Crippen LogP contribution in [0.4, 0.5) is 11.4 Å². The van der Waals surface area contributed by atoms with Crippen molar-refractivity contribution < 1.29 is 6.17 Å². The molecule has 1 unspecified atom stereocenters. The van der Waals surface area contributed by atoms with Gasteiger partial charge in [-0.15, -0.1) is 5.53 Å². The zero-order valence-electron chi connectivity index (χ0n) is 21.6. The van der Waals surface area contributed by atoms with Gasteiger partial charge in [-0.25, -0.2) is 0 Å². The number of hydrogen-bond donors (Lipinski definition) is 5. The third kappa shape index (κ3) is 6.17. The lowest BCUT2D eigenvalue weighted by Gasteiger charge is -2.24. The first-order valence-corrected chi connectivity index (χ1v) is 12.3. The molecular weight excluding hydrogens is 511 g/mol. The molecule has 0 radical (unpaired) electrons. The number of halogens is 2. The number of carbonyl (C=O) groups is 1. The summed E-state index contributed by atoms with van der Waals surface area (Å²) in [5, 5.41) is 19.2. The van der Waals surface area contributed by atoms with Crippen LogP contribution in [-0.2, 0) is 4.79 Å². The summed E-state index contributed by atoms with van der Waals surface area (Å²) in [6.07, 6.45) is 3.07. The van der Waals surface area contributed by atoms with Gasteiger partial charge in [0, 0.05) is 35.0 Å². The number of fused-ring (bicyclic) bond motifs is 1. The first kappa shape index (κ1) is 25.0. The van der Waals surface area contributed by atoms with Gasteiger partial charge in [-0.05, 0) is 29.2 Å². The van der Waals surface area contributed by atoms with Gasteiger partial charge in [0.15, 0.2) is 0 Å². The first-order valence-electron chi connectivity index (χ1n) is 12.0. The van der Waals surface area contributed by atoms with Crippen molar-refractivity contribution in [2.24, 2.45) is 11.1 Å². The summed E-state index contributed by atoms with van der Waals surface area (Å²) >= 11 is 13.2. The molecule has 2 aromatic carbocycles. The van der Waals surface area contributed by atoms with Crippen LogP contribution in [0.1, 0.15) is 39.3 Å². The van der Waals surface area contributed by atoms with Crippen LogP contribution in [-0.4, -0.2) is 29.0 Å². The number of anilines is 2. The lowest BCUT2D eigenvalue weighted by Crippen LogP contribution is -2.41. The highest BCUT2D eigenvalue weighted by atomic mass is 35.5. The SMILES string of the molecule is [2H]C(Nc1cc(Cl)c2ncc(C#N)c(NCC(C)(C)C)c2c1)(C1=CN(CC(N)=O)NN1)c1ccccc1Cl. The van der Waals surface area contributed by atoms with Crippen LogP contribution in [0.15, 0.2) is 54.5 Å². The number of nitrogens with zero attached hydrogens (tertiary/aromatic N) is 3. The molecule has 0 spiro atoms. The zero-order chi connectivity index (χ0) is 27.7. The molecule has 11 heteroatoms. The number of carbonyl (C=O) groups excluding carboxylic acids is 1. The average Bonchev–Trinajstić information content (AvgIpc) is 3.30. The van der Waals surface area contributed by atoms with E-state index in [1.807, 2.05) is 0 Å². The van der Waals surface area contributed by atoms with E-state index >= 15 is 0 Å². The summed E-state index contributed by atoms with van der Waals surface area (Å²) in [6, 6.07) is 11.0.